The summed E-state index contributed by atoms with van der Waals surface area (Å²) < 4.78 is 21.9. The van der Waals surface area contributed by atoms with Crippen molar-refractivity contribution in [2.45, 2.75) is 20.0 Å². The zero-order chi connectivity index (χ0) is 20.7. The fourth-order valence-electron chi connectivity index (χ4n) is 2.77. The highest BCUT2D eigenvalue weighted by Crippen LogP contribution is 2.36. The maximum atomic E-state index is 11.1. The molecule has 7 heteroatoms. The lowest BCUT2D eigenvalue weighted by molar-refractivity contribution is 0.214. The molecular weight excluding hydrogens is 378 g/mol. The van der Waals surface area contributed by atoms with Gasteiger partial charge in [-0.25, -0.2) is 0 Å². The summed E-state index contributed by atoms with van der Waals surface area (Å²) in [5.41, 5.74) is 1.13. The van der Waals surface area contributed by atoms with Crippen molar-refractivity contribution in [2.24, 2.45) is 0 Å². The van der Waals surface area contributed by atoms with Gasteiger partial charge in [0, 0.05) is 24.7 Å². The summed E-state index contributed by atoms with van der Waals surface area (Å²) >= 11 is 5.41. The lowest BCUT2D eigenvalue weighted by Gasteiger charge is -2.23. The smallest absolute Gasteiger partial charge is 0.264 e. The SMILES string of the molecule is CCN(CC)C(=S)Oc1ccc(OC)cc1C(O)c1cc(OC)cc(OC)c1. The second-order valence-electron chi connectivity index (χ2n) is 5.99. The average molecular weight is 406 g/mol. The Morgan fingerprint density at radius 1 is 0.929 bits per heavy atom. The molecule has 2 rings (SSSR count). The van der Waals surface area contributed by atoms with E-state index >= 15 is 0 Å². The lowest BCUT2D eigenvalue weighted by Crippen LogP contribution is -2.33. The van der Waals surface area contributed by atoms with Crippen LogP contribution < -0.4 is 18.9 Å². The number of benzene rings is 2. The zero-order valence-corrected chi connectivity index (χ0v) is 17.7. The van der Waals surface area contributed by atoms with Gasteiger partial charge in [-0.15, -0.1) is 0 Å². The van der Waals surface area contributed by atoms with Crippen molar-refractivity contribution in [3.8, 4) is 23.0 Å². The first-order valence-corrected chi connectivity index (χ1v) is 9.43. The third kappa shape index (κ3) is 5.05. The molecular formula is C21H27NO5S. The van der Waals surface area contributed by atoms with Gasteiger partial charge in [-0.1, -0.05) is 0 Å². The predicted octanol–water partition coefficient (Wildman–Crippen LogP) is 3.80. The molecule has 0 spiro atoms. The molecule has 2 aromatic rings. The molecule has 2 aromatic carbocycles. The molecule has 28 heavy (non-hydrogen) atoms. The van der Waals surface area contributed by atoms with Crippen molar-refractivity contribution in [3.05, 3.63) is 47.5 Å². The first-order valence-electron chi connectivity index (χ1n) is 9.03. The summed E-state index contributed by atoms with van der Waals surface area (Å²) in [5, 5.41) is 11.4. The Kier molecular flexibility index (Phi) is 7.90. The minimum Gasteiger partial charge on any atom is -0.497 e. The minimum atomic E-state index is -0.992. The molecule has 0 bridgehead atoms. The highest BCUT2D eigenvalue weighted by atomic mass is 32.1. The molecule has 0 saturated heterocycles. The molecule has 0 amide bonds. The standard InChI is InChI=1S/C21H27NO5S/c1-6-22(7-2)21(28)27-19-9-8-15(24-3)13-18(19)20(23)14-10-16(25-4)12-17(11-14)26-5/h8-13,20,23H,6-7H2,1-5H3. The Morgan fingerprint density at radius 2 is 1.50 bits per heavy atom. The third-order valence-electron chi connectivity index (χ3n) is 4.42. The third-order valence-corrected chi connectivity index (χ3v) is 4.76. The number of aliphatic hydroxyl groups is 1. The van der Waals surface area contributed by atoms with Crippen LogP contribution in [-0.2, 0) is 0 Å². The lowest BCUT2D eigenvalue weighted by atomic mass is 9.99. The maximum absolute atomic E-state index is 11.1. The number of methoxy groups -OCH3 is 3. The number of aliphatic hydroxyl groups excluding tert-OH is 1. The number of rotatable bonds is 8. The van der Waals surface area contributed by atoms with Crippen LogP contribution in [0.1, 0.15) is 31.1 Å². The van der Waals surface area contributed by atoms with Gasteiger partial charge in [0.2, 0.25) is 0 Å². The molecule has 0 aliphatic heterocycles. The van der Waals surface area contributed by atoms with Crippen LogP contribution in [-0.4, -0.2) is 49.6 Å². The summed E-state index contributed by atoms with van der Waals surface area (Å²) in [6, 6.07) is 10.5. The summed E-state index contributed by atoms with van der Waals surface area (Å²) in [4.78, 5) is 1.92. The van der Waals surface area contributed by atoms with Crippen molar-refractivity contribution < 1.29 is 24.1 Å². The normalized spacial score (nSPS) is 11.5. The Balaban J connectivity index is 2.46. The molecule has 1 N–H and O–H groups in total. The summed E-state index contributed by atoms with van der Waals surface area (Å²) in [6.45, 7) is 5.48. The highest BCUT2D eigenvalue weighted by molar-refractivity contribution is 7.80. The van der Waals surface area contributed by atoms with Gasteiger partial charge in [-0.2, -0.15) is 0 Å². The second-order valence-corrected chi connectivity index (χ2v) is 6.34. The molecule has 0 aliphatic rings. The van der Waals surface area contributed by atoms with Gasteiger partial charge in [0.1, 0.15) is 29.1 Å². The van der Waals surface area contributed by atoms with E-state index in [-0.39, 0.29) is 0 Å². The van der Waals surface area contributed by atoms with Crippen molar-refractivity contribution in [1.29, 1.82) is 0 Å². The zero-order valence-electron chi connectivity index (χ0n) is 16.9. The number of ether oxygens (including phenoxy) is 4. The van der Waals surface area contributed by atoms with Gasteiger partial charge in [-0.3, -0.25) is 0 Å². The monoisotopic (exact) mass is 405 g/mol. The molecule has 0 saturated carbocycles. The van der Waals surface area contributed by atoms with Crippen LogP contribution >= 0.6 is 12.2 Å². The number of hydrogen-bond donors (Lipinski definition) is 1. The predicted molar refractivity (Wildman–Crippen MR) is 113 cm³/mol. The first-order chi connectivity index (χ1) is 13.5. The van der Waals surface area contributed by atoms with Crippen LogP contribution in [0.2, 0.25) is 0 Å². The van der Waals surface area contributed by atoms with E-state index < -0.39 is 6.10 Å². The molecule has 0 radical (unpaired) electrons. The molecule has 0 fully saturated rings. The van der Waals surface area contributed by atoms with Gasteiger partial charge < -0.3 is 29.0 Å². The highest BCUT2D eigenvalue weighted by Gasteiger charge is 2.21. The number of thiocarbonyl (C=S) groups is 1. The molecule has 0 aromatic heterocycles. The van der Waals surface area contributed by atoms with Gasteiger partial charge in [0.15, 0.2) is 0 Å². The largest absolute Gasteiger partial charge is 0.497 e. The molecule has 1 atom stereocenters. The van der Waals surface area contributed by atoms with Gasteiger partial charge >= 0.3 is 0 Å². The van der Waals surface area contributed by atoms with Crippen molar-refractivity contribution in [2.75, 3.05) is 34.4 Å². The summed E-state index contributed by atoms with van der Waals surface area (Å²) in [6.07, 6.45) is -0.992. The van der Waals surface area contributed by atoms with Gasteiger partial charge in [0.05, 0.1) is 21.3 Å². The quantitative estimate of drug-likeness (QED) is 0.670. The molecule has 6 nitrogen and oxygen atoms in total. The van der Waals surface area contributed by atoms with Crippen LogP contribution in [0.15, 0.2) is 36.4 Å². The van der Waals surface area contributed by atoms with Crippen LogP contribution in [0.3, 0.4) is 0 Å². The first kappa shape index (κ1) is 21.8. The average Bonchev–Trinajstić information content (AvgIpc) is 2.73. The maximum Gasteiger partial charge on any atom is 0.264 e. The van der Waals surface area contributed by atoms with E-state index in [2.05, 4.69) is 0 Å². The fourth-order valence-corrected chi connectivity index (χ4v) is 3.12. The van der Waals surface area contributed by atoms with Crippen LogP contribution in [0.25, 0.3) is 0 Å². The minimum absolute atomic E-state index is 0.354. The Hall–Kier alpha value is -2.51. The van der Waals surface area contributed by atoms with Crippen molar-refractivity contribution >= 4 is 17.4 Å². The van der Waals surface area contributed by atoms with E-state index in [1.165, 1.54) is 0 Å². The second kappa shape index (κ2) is 10.1. The molecule has 152 valence electrons. The van der Waals surface area contributed by atoms with Crippen LogP contribution in [0.4, 0.5) is 0 Å². The van der Waals surface area contributed by atoms with E-state index in [1.54, 1.807) is 57.7 Å². The van der Waals surface area contributed by atoms with E-state index in [4.69, 9.17) is 31.2 Å². The number of hydrogen-bond acceptors (Lipinski definition) is 6. The summed E-state index contributed by atoms with van der Waals surface area (Å²) in [5.74, 6) is 2.23. The van der Waals surface area contributed by atoms with Gasteiger partial charge in [-0.05, 0) is 62.0 Å². The van der Waals surface area contributed by atoms with Crippen molar-refractivity contribution in [1.82, 2.24) is 4.90 Å². The molecule has 0 aliphatic carbocycles. The van der Waals surface area contributed by atoms with E-state index in [0.717, 1.165) is 13.1 Å². The fraction of sp³-hybridized carbons (Fsp3) is 0.381. The van der Waals surface area contributed by atoms with E-state index in [1.807, 2.05) is 18.7 Å². The van der Waals surface area contributed by atoms with Crippen molar-refractivity contribution in [3.63, 3.8) is 0 Å². The topological polar surface area (TPSA) is 60.4 Å². The Labute approximate surface area is 171 Å². The van der Waals surface area contributed by atoms with Crippen LogP contribution in [0, 0.1) is 0 Å². The summed E-state index contributed by atoms with van der Waals surface area (Å²) in [7, 11) is 4.70. The van der Waals surface area contributed by atoms with E-state index in [9.17, 15) is 5.11 Å². The molecule has 1 unspecified atom stereocenters. The Morgan fingerprint density at radius 3 is 2.00 bits per heavy atom. The van der Waals surface area contributed by atoms with Crippen LogP contribution in [0.5, 0.6) is 23.0 Å². The number of nitrogens with zero attached hydrogens (tertiary/aromatic N) is 1. The van der Waals surface area contributed by atoms with E-state index in [0.29, 0.717) is 39.3 Å². The van der Waals surface area contributed by atoms with Gasteiger partial charge in [0.25, 0.3) is 5.17 Å². The molecule has 0 heterocycles. The Bertz CT molecular complexity index is 785.